The van der Waals surface area contributed by atoms with E-state index in [2.05, 4.69) is 28.9 Å². The van der Waals surface area contributed by atoms with Gasteiger partial charge in [0.1, 0.15) is 17.8 Å². The first kappa shape index (κ1) is 13.4. The summed E-state index contributed by atoms with van der Waals surface area (Å²) in [6.07, 6.45) is 1.48. The topological polar surface area (TPSA) is 95.6 Å². The second-order valence-corrected chi connectivity index (χ2v) is 5.50. The van der Waals surface area contributed by atoms with Crippen molar-refractivity contribution in [3.63, 3.8) is 0 Å². The Balaban J connectivity index is 2.24. The minimum atomic E-state index is 0.446. The maximum Gasteiger partial charge on any atom is 0.163 e. The number of nitrogens with two attached hydrogens (primary N) is 2. The largest absolute Gasteiger partial charge is 0.399 e. The Hall–Kier alpha value is -2.63. The van der Waals surface area contributed by atoms with Gasteiger partial charge in [-0.15, -0.1) is 0 Å². The highest BCUT2D eigenvalue weighted by Gasteiger charge is 2.17. The van der Waals surface area contributed by atoms with Crippen LogP contribution in [0, 0.1) is 5.92 Å². The monoisotopic (exact) mass is 282 g/mol. The molecular formula is C15H18N6. The van der Waals surface area contributed by atoms with Gasteiger partial charge in [-0.2, -0.15) is 5.10 Å². The third kappa shape index (κ3) is 2.40. The van der Waals surface area contributed by atoms with Crippen LogP contribution in [-0.4, -0.2) is 19.7 Å². The number of hydrogen-bond acceptors (Lipinski definition) is 5. The van der Waals surface area contributed by atoms with Gasteiger partial charge in [0.2, 0.25) is 0 Å². The normalized spacial score (nSPS) is 11.4. The van der Waals surface area contributed by atoms with E-state index in [1.165, 1.54) is 6.33 Å². The fourth-order valence-electron chi connectivity index (χ4n) is 2.35. The zero-order valence-corrected chi connectivity index (χ0v) is 12.1. The fourth-order valence-corrected chi connectivity index (χ4v) is 2.35. The molecule has 0 bridgehead atoms. The number of benzene rings is 1. The Kier molecular flexibility index (Phi) is 3.21. The Morgan fingerprint density at radius 3 is 2.48 bits per heavy atom. The lowest BCUT2D eigenvalue weighted by molar-refractivity contribution is 0.493. The van der Waals surface area contributed by atoms with Gasteiger partial charge in [-0.05, 0) is 18.1 Å². The van der Waals surface area contributed by atoms with Crippen LogP contribution >= 0.6 is 0 Å². The highest BCUT2D eigenvalue weighted by Crippen LogP contribution is 2.30. The molecule has 0 aliphatic rings. The summed E-state index contributed by atoms with van der Waals surface area (Å²) in [5, 5.41) is 5.48. The van der Waals surface area contributed by atoms with Crippen molar-refractivity contribution in [2.45, 2.75) is 20.4 Å². The third-order valence-electron chi connectivity index (χ3n) is 3.28. The van der Waals surface area contributed by atoms with E-state index in [0.717, 1.165) is 28.8 Å². The van der Waals surface area contributed by atoms with Crippen LogP contribution in [0.4, 0.5) is 11.5 Å². The average Bonchev–Trinajstić information content (AvgIpc) is 2.79. The van der Waals surface area contributed by atoms with Crippen LogP contribution in [0.1, 0.15) is 13.8 Å². The number of rotatable bonds is 3. The van der Waals surface area contributed by atoms with E-state index >= 15 is 0 Å². The SMILES string of the molecule is CC(C)Cn1nc(-c2ccc(N)cc2)c2c(N)ncnc21. The molecule has 0 saturated carbocycles. The number of hydrogen-bond donors (Lipinski definition) is 2. The smallest absolute Gasteiger partial charge is 0.163 e. The number of nitrogen functional groups attached to an aromatic ring is 2. The molecule has 2 aromatic heterocycles. The maximum absolute atomic E-state index is 6.04. The van der Waals surface area contributed by atoms with Crippen molar-refractivity contribution in [1.82, 2.24) is 19.7 Å². The summed E-state index contributed by atoms with van der Waals surface area (Å²) in [6, 6.07) is 7.57. The second kappa shape index (κ2) is 5.05. The Bertz CT molecular complexity index is 773. The first-order chi connectivity index (χ1) is 10.1. The number of aromatic nitrogens is 4. The van der Waals surface area contributed by atoms with E-state index in [1.54, 1.807) is 0 Å². The van der Waals surface area contributed by atoms with E-state index in [-0.39, 0.29) is 0 Å². The molecule has 0 aliphatic carbocycles. The molecule has 1 aromatic carbocycles. The third-order valence-corrected chi connectivity index (χ3v) is 3.28. The van der Waals surface area contributed by atoms with Gasteiger partial charge in [0.05, 0.1) is 5.39 Å². The van der Waals surface area contributed by atoms with Crippen molar-refractivity contribution in [2.24, 2.45) is 5.92 Å². The van der Waals surface area contributed by atoms with Gasteiger partial charge in [-0.3, -0.25) is 0 Å². The molecule has 2 heterocycles. The summed E-state index contributed by atoms with van der Waals surface area (Å²) in [4.78, 5) is 8.44. The first-order valence-electron chi connectivity index (χ1n) is 6.89. The quantitative estimate of drug-likeness (QED) is 0.719. The van der Waals surface area contributed by atoms with Gasteiger partial charge in [-0.1, -0.05) is 26.0 Å². The first-order valence-corrected chi connectivity index (χ1v) is 6.89. The highest BCUT2D eigenvalue weighted by atomic mass is 15.3. The minimum Gasteiger partial charge on any atom is -0.399 e. The molecule has 3 aromatic rings. The van der Waals surface area contributed by atoms with Crippen LogP contribution in [-0.2, 0) is 6.54 Å². The molecule has 0 spiro atoms. The fraction of sp³-hybridized carbons (Fsp3) is 0.267. The molecule has 0 radical (unpaired) electrons. The molecule has 0 saturated heterocycles. The van der Waals surface area contributed by atoms with Crippen molar-refractivity contribution in [3.05, 3.63) is 30.6 Å². The summed E-state index contributed by atoms with van der Waals surface area (Å²) in [5.74, 6) is 0.908. The molecule has 3 rings (SSSR count). The van der Waals surface area contributed by atoms with Crippen LogP contribution in [0.3, 0.4) is 0 Å². The number of fused-ring (bicyclic) bond motifs is 1. The van der Waals surface area contributed by atoms with Gasteiger partial charge in [0.15, 0.2) is 5.65 Å². The van der Waals surface area contributed by atoms with E-state index in [0.29, 0.717) is 17.4 Å². The number of anilines is 2. The molecule has 6 heteroatoms. The van der Waals surface area contributed by atoms with Crippen LogP contribution in [0.2, 0.25) is 0 Å². The summed E-state index contributed by atoms with van der Waals surface area (Å²) in [6.45, 7) is 5.06. The van der Waals surface area contributed by atoms with Crippen LogP contribution in [0.15, 0.2) is 30.6 Å². The second-order valence-electron chi connectivity index (χ2n) is 5.50. The van der Waals surface area contributed by atoms with Crippen LogP contribution in [0.25, 0.3) is 22.3 Å². The number of nitrogens with zero attached hydrogens (tertiary/aromatic N) is 4. The summed E-state index contributed by atoms with van der Waals surface area (Å²) in [7, 11) is 0. The zero-order chi connectivity index (χ0) is 15.0. The van der Waals surface area contributed by atoms with Crippen LogP contribution < -0.4 is 11.5 Å². The molecule has 6 nitrogen and oxygen atoms in total. The molecule has 0 amide bonds. The van der Waals surface area contributed by atoms with Crippen LogP contribution in [0.5, 0.6) is 0 Å². The molecule has 0 atom stereocenters. The van der Waals surface area contributed by atoms with Gasteiger partial charge in [0, 0.05) is 17.8 Å². The lowest BCUT2D eigenvalue weighted by atomic mass is 10.1. The standard InChI is InChI=1S/C15H18N6/c1-9(2)7-21-15-12(14(17)18-8-19-15)13(20-21)10-3-5-11(16)6-4-10/h3-6,8-9H,7,16H2,1-2H3,(H2,17,18,19). The van der Waals surface area contributed by atoms with E-state index < -0.39 is 0 Å². The van der Waals surface area contributed by atoms with Gasteiger partial charge >= 0.3 is 0 Å². The van der Waals surface area contributed by atoms with Crippen molar-refractivity contribution in [3.8, 4) is 11.3 Å². The van der Waals surface area contributed by atoms with E-state index in [9.17, 15) is 0 Å². The van der Waals surface area contributed by atoms with Crippen molar-refractivity contribution in [1.29, 1.82) is 0 Å². The Morgan fingerprint density at radius 2 is 1.81 bits per heavy atom. The predicted octanol–water partition coefficient (Wildman–Crippen LogP) is 2.31. The Morgan fingerprint density at radius 1 is 1.10 bits per heavy atom. The van der Waals surface area contributed by atoms with Gasteiger partial charge in [0.25, 0.3) is 0 Å². The molecule has 4 N–H and O–H groups in total. The molecule has 21 heavy (non-hydrogen) atoms. The lowest BCUT2D eigenvalue weighted by Gasteiger charge is -2.05. The summed E-state index contributed by atoms with van der Waals surface area (Å²) < 4.78 is 1.89. The minimum absolute atomic E-state index is 0.446. The summed E-state index contributed by atoms with van der Waals surface area (Å²) >= 11 is 0. The molecule has 0 fully saturated rings. The molecule has 0 aliphatic heterocycles. The maximum atomic E-state index is 6.04. The average molecular weight is 282 g/mol. The van der Waals surface area contributed by atoms with Crippen molar-refractivity contribution < 1.29 is 0 Å². The lowest BCUT2D eigenvalue weighted by Crippen LogP contribution is -2.07. The van der Waals surface area contributed by atoms with Gasteiger partial charge in [-0.25, -0.2) is 14.6 Å². The Labute approximate surface area is 122 Å². The highest BCUT2D eigenvalue weighted by molar-refractivity contribution is 5.98. The predicted molar refractivity (Wildman–Crippen MR) is 84.4 cm³/mol. The molecule has 108 valence electrons. The molecule has 0 unspecified atom stereocenters. The van der Waals surface area contributed by atoms with Crippen molar-refractivity contribution in [2.75, 3.05) is 11.5 Å². The van der Waals surface area contributed by atoms with E-state index in [4.69, 9.17) is 11.5 Å². The van der Waals surface area contributed by atoms with Gasteiger partial charge < -0.3 is 11.5 Å². The van der Waals surface area contributed by atoms with Crippen molar-refractivity contribution >= 4 is 22.5 Å². The molecular weight excluding hydrogens is 264 g/mol. The zero-order valence-electron chi connectivity index (χ0n) is 12.1. The van der Waals surface area contributed by atoms with E-state index in [1.807, 2.05) is 28.9 Å². The summed E-state index contributed by atoms with van der Waals surface area (Å²) in [5.41, 5.74) is 15.0.